The van der Waals surface area contributed by atoms with E-state index in [0.717, 1.165) is 6.42 Å². The number of carboxylic acids is 1. The number of hydrogen-bond acceptors (Lipinski definition) is 4. The second-order valence-electron chi connectivity index (χ2n) is 5.74. The second kappa shape index (κ2) is 11.4. The summed E-state index contributed by atoms with van der Waals surface area (Å²) >= 11 is 5.92. The molecule has 0 radical (unpaired) electrons. The number of amides is 1. The lowest BCUT2D eigenvalue weighted by Gasteiger charge is -2.18. The Morgan fingerprint density at radius 1 is 1.11 bits per heavy atom. The van der Waals surface area contributed by atoms with Gasteiger partial charge in [-0.1, -0.05) is 24.6 Å². The molecule has 0 aliphatic rings. The monoisotopic (exact) mass is 412 g/mol. The summed E-state index contributed by atoms with van der Waals surface area (Å²) in [5, 5.41) is 12.2. The summed E-state index contributed by atoms with van der Waals surface area (Å²) in [6.45, 7) is 2.35. The summed E-state index contributed by atoms with van der Waals surface area (Å²) in [6, 6.07) is 14.0. The summed E-state index contributed by atoms with van der Waals surface area (Å²) in [7, 11) is 0. The molecule has 8 heteroatoms. The van der Waals surface area contributed by atoms with E-state index in [1.165, 1.54) is 0 Å². The maximum absolute atomic E-state index is 12.1. The van der Waals surface area contributed by atoms with E-state index < -0.39 is 5.97 Å². The second-order valence-corrected chi connectivity index (χ2v) is 6.17. The first-order valence-corrected chi connectivity index (χ1v) is 8.61. The van der Waals surface area contributed by atoms with Crippen LogP contribution in [0, 0.1) is 0 Å². The molecule has 2 aromatic carbocycles. The molecule has 0 saturated carbocycles. The third-order valence-corrected chi connectivity index (χ3v) is 3.67. The van der Waals surface area contributed by atoms with E-state index in [2.05, 4.69) is 5.32 Å². The summed E-state index contributed by atoms with van der Waals surface area (Å²) in [5.41, 5.74) is 0.611. The number of nitrogens with zero attached hydrogens (tertiary/aromatic N) is 1. The molecule has 0 atom stereocenters. The first-order chi connectivity index (χ1) is 12.5. The van der Waals surface area contributed by atoms with E-state index in [0.29, 0.717) is 28.8 Å². The number of rotatable bonds is 9. The van der Waals surface area contributed by atoms with Crippen molar-refractivity contribution in [1.82, 2.24) is 4.90 Å². The van der Waals surface area contributed by atoms with Gasteiger partial charge in [0, 0.05) is 10.7 Å². The van der Waals surface area contributed by atoms with Crippen LogP contribution < -0.4 is 10.1 Å². The minimum Gasteiger partial charge on any atom is -0.480 e. The molecule has 2 rings (SSSR count). The highest BCUT2D eigenvalue weighted by Gasteiger charge is 2.13. The van der Waals surface area contributed by atoms with Gasteiger partial charge in [-0.15, -0.1) is 12.4 Å². The van der Waals surface area contributed by atoms with Gasteiger partial charge < -0.3 is 15.2 Å². The van der Waals surface area contributed by atoms with Crippen LogP contribution in [0.2, 0.25) is 5.02 Å². The number of carbonyl (C=O) groups is 2. The van der Waals surface area contributed by atoms with Crippen molar-refractivity contribution in [2.45, 2.75) is 13.3 Å². The maximum Gasteiger partial charge on any atom is 0.317 e. The molecule has 0 spiro atoms. The predicted molar refractivity (Wildman–Crippen MR) is 108 cm³/mol. The number of anilines is 1. The van der Waals surface area contributed by atoms with Gasteiger partial charge in [-0.3, -0.25) is 14.5 Å². The number of aliphatic carboxylic acids is 1. The zero-order chi connectivity index (χ0) is 18.9. The molecule has 0 unspecified atom stereocenters. The molecule has 27 heavy (non-hydrogen) atoms. The number of carbonyl (C=O) groups excluding carboxylic acids is 1. The molecule has 0 aromatic heterocycles. The predicted octanol–water partition coefficient (Wildman–Crippen LogP) is 4.29. The van der Waals surface area contributed by atoms with E-state index in [1.807, 2.05) is 6.92 Å². The Hall–Kier alpha value is -2.28. The summed E-state index contributed by atoms with van der Waals surface area (Å²) < 4.78 is 5.69. The average Bonchev–Trinajstić information content (AvgIpc) is 2.56. The lowest BCUT2D eigenvalue weighted by Crippen LogP contribution is -2.37. The van der Waals surface area contributed by atoms with Gasteiger partial charge in [0.05, 0.1) is 13.1 Å². The van der Waals surface area contributed by atoms with Gasteiger partial charge in [0.1, 0.15) is 11.5 Å². The Kier molecular flexibility index (Phi) is 9.64. The van der Waals surface area contributed by atoms with Gasteiger partial charge in [0.2, 0.25) is 5.91 Å². The van der Waals surface area contributed by atoms with Crippen molar-refractivity contribution in [3.63, 3.8) is 0 Å². The molecule has 0 saturated heterocycles. The van der Waals surface area contributed by atoms with Gasteiger partial charge in [0.25, 0.3) is 0 Å². The maximum atomic E-state index is 12.1. The van der Waals surface area contributed by atoms with Crippen molar-refractivity contribution in [1.29, 1.82) is 0 Å². The molecule has 0 aliphatic heterocycles. The Morgan fingerprint density at radius 3 is 2.41 bits per heavy atom. The van der Waals surface area contributed by atoms with Crippen LogP contribution in [0.4, 0.5) is 5.69 Å². The number of benzene rings is 2. The Morgan fingerprint density at radius 2 is 1.81 bits per heavy atom. The van der Waals surface area contributed by atoms with Crippen molar-refractivity contribution in [2.75, 3.05) is 25.0 Å². The number of nitrogens with one attached hydrogen (secondary N) is 1. The van der Waals surface area contributed by atoms with Crippen molar-refractivity contribution < 1.29 is 19.4 Å². The molecule has 0 aliphatic carbocycles. The van der Waals surface area contributed by atoms with Crippen molar-refractivity contribution in [2.24, 2.45) is 0 Å². The minimum absolute atomic E-state index is 0. The molecular formula is C19H22Cl2N2O4. The quantitative estimate of drug-likeness (QED) is 0.641. The highest BCUT2D eigenvalue weighted by Crippen LogP contribution is 2.25. The highest BCUT2D eigenvalue weighted by atomic mass is 35.5. The van der Waals surface area contributed by atoms with Crippen molar-refractivity contribution in [3.8, 4) is 11.5 Å². The molecule has 6 nitrogen and oxygen atoms in total. The fourth-order valence-electron chi connectivity index (χ4n) is 2.40. The molecular weight excluding hydrogens is 391 g/mol. The van der Waals surface area contributed by atoms with E-state index in [1.54, 1.807) is 53.4 Å². The Balaban J connectivity index is 0.00000364. The van der Waals surface area contributed by atoms with Crippen LogP contribution in [0.3, 0.4) is 0 Å². The van der Waals surface area contributed by atoms with Crippen LogP contribution >= 0.6 is 24.0 Å². The third-order valence-electron chi connectivity index (χ3n) is 3.44. The van der Waals surface area contributed by atoms with E-state index in [-0.39, 0.29) is 31.4 Å². The molecule has 1 amide bonds. The topological polar surface area (TPSA) is 78.9 Å². The largest absolute Gasteiger partial charge is 0.480 e. The fraction of sp³-hybridized carbons (Fsp3) is 0.263. The van der Waals surface area contributed by atoms with E-state index >= 15 is 0 Å². The number of ether oxygens (including phenoxy) is 1. The molecule has 2 N–H and O–H groups in total. The Labute approximate surface area is 169 Å². The molecule has 146 valence electrons. The SMILES string of the molecule is CCCN(CC(=O)O)CC(=O)Nc1ccc(Oc2cccc(Cl)c2)cc1.Cl. The number of hydrogen-bond donors (Lipinski definition) is 2. The third kappa shape index (κ3) is 8.30. The van der Waals surface area contributed by atoms with Gasteiger partial charge in [-0.2, -0.15) is 0 Å². The van der Waals surface area contributed by atoms with E-state index in [9.17, 15) is 9.59 Å². The molecule has 0 bridgehead atoms. The molecule has 0 heterocycles. The van der Waals surface area contributed by atoms with Gasteiger partial charge in [-0.25, -0.2) is 0 Å². The summed E-state index contributed by atoms with van der Waals surface area (Å²) in [6.07, 6.45) is 0.774. The normalized spacial score (nSPS) is 10.2. The zero-order valence-corrected chi connectivity index (χ0v) is 16.4. The van der Waals surface area contributed by atoms with Crippen molar-refractivity contribution in [3.05, 3.63) is 53.6 Å². The summed E-state index contributed by atoms with van der Waals surface area (Å²) in [5.74, 6) is 0.0268. The number of halogens is 2. The Bertz CT molecular complexity index is 754. The average molecular weight is 413 g/mol. The van der Waals surface area contributed by atoms with Gasteiger partial charge in [0.15, 0.2) is 0 Å². The van der Waals surface area contributed by atoms with Crippen LogP contribution in [0.1, 0.15) is 13.3 Å². The fourth-order valence-corrected chi connectivity index (χ4v) is 2.58. The molecule has 0 fully saturated rings. The first kappa shape index (κ1) is 22.8. The smallest absolute Gasteiger partial charge is 0.317 e. The minimum atomic E-state index is -0.950. The van der Waals surface area contributed by atoms with Crippen LogP contribution in [-0.2, 0) is 9.59 Å². The van der Waals surface area contributed by atoms with Crippen molar-refractivity contribution >= 4 is 41.6 Å². The lowest BCUT2D eigenvalue weighted by atomic mass is 10.3. The number of carboxylic acid groups (broad SMARTS) is 1. The van der Waals surface area contributed by atoms with Crippen LogP contribution in [0.15, 0.2) is 48.5 Å². The highest BCUT2D eigenvalue weighted by molar-refractivity contribution is 6.30. The van der Waals surface area contributed by atoms with Gasteiger partial charge in [-0.05, 0) is 55.4 Å². The molecule has 2 aromatic rings. The van der Waals surface area contributed by atoms with E-state index in [4.69, 9.17) is 21.4 Å². The zero-order valence-electron chi connectivity index (χ0n) is 14.9. The van der Waals surface area contributed by atoms with Gasteiger partial charge >= 0.3 is 5.97 Å². The van der Waals surface area contributed by atoms with Crippen LogP contribution in [0.5, 0.6) is 11.5 Å². The standard InChI is InChI=1S/C19H21ClN2O4.ClH/c1-2-10-22(13-19(24)25)12-18(23)21-15-6-8-16(9-7-15)26-17-5-3-4-14(20)11-17;/h3-9,11H,2,10,12-13H2,1H3,(H,21,23)(H,24,25);1H. The summed E-state index contributed by atoms with van der Waals surface area (Å²) in [4.78, 5) is 24.5. The lowest BCUT2D eigenvalue weighted by molar-refractivity contribution is -0.138. The van der Waals surface area contributed by atoms with Crippen LogP contribution in [-0.4, -0.2) is 41.5 Å². The first-order valence-electron chi connectivity index (χ1n) is 8.23. The van der Waals surface area contributed by atoms with Crippen LogP contribution in [0.25, 0.3) is 0 Å².